The van der Waals surface area contributed by atoms with Crippen molar-refractivity contribution in [3.8, 4) is 0 Å². The van der Waals surface area contributed by atoms with Gasteiger partial charge in [-0.1, -0.05) is 31.4 Å². The summed E-state index contributed by atoms with van der Waals surface area (Å²) >= 11 is 6.38. The summed E-state index contributed by atoms with van der Waals surface area (Å²) in [6.45, 7) is 2.79. The van der Waals surface area contributed by atoms with Gasteiger partial charge in [-0.05, 0) is 30.4 Å². The maximum atomic E-state index is 6.38. The first kappa shape index (κ1) is 13.6. The van der Waals surface area contributed by atoms with Crippen LogP contribution in [0, 0.1) is 5.92 Å². The van der Waals surface area contributed by atoms with E-state index in [-0.39, 0.29) is 0 Å². The summed E-state index contributed by atoms with van der Waals surface area (Å²) in [6, 6.07) is 2.44. The molecule has 1 aliphatic carbocycles. The molecule has 1 aromatic rings. The van der Waals surface area contributed by atoms with Gasteiger partial charge in [-0.15, -0.1) is 0 Å². The fraction of sp³-hybridized carbons (Fsp3) is 0.643. The van der Waals surface area contributed by atoms with Crippen molar-refractivity contribution in [1.29, 1.82) is 0 Å². The highest BCUT2D eigenvalue weighted by Crippen LogP contribution is 2.32. The predicted molar refractivity (Wildman–Crippen MR) is 77.0 cm³/mol. The van der Waals surface area contributed by atoms with Gasteiger partial charge >= 0.3 is 0 Å². The maximum Gasteiger partial charge on any atom is 0.147 e. The molecule has 0 aliphatic heterocycles. The van der Waals surface area contributed by atoms with E-state index >= 15 is 0 Å². The molecular weight excluding hydrogens is 246 g/mol. The number of rotatable bonds is 3. The molecule has 0 aromatic carbocycles. The molecule has 2 unspecified atom stereocenters. The molecule has 0 saturated heterocycles. The SMILES string of the molecule is CC1CCCC(N(C)c2nccc(CN)c2Cl)C1. The second-order valence-corrected chi connectivity index (χ2v) is 5.73. The van der Waals surface area contributed by atoms with Crippen LogP contribution in [0.15, 0.2) is 12.3 Å². The standard InChI is InChI=1S/C14H22ClN3/c1-10-4-3-5-12(8-10)18(2)14-13(15)11(9-16)6-7-17-14/h6-7,10,12H,3-5,8-9,16H2,1-2H3. The van der Waals surface area contributed by atoms with Crippen molar-refractivity contribution in [1.82, 2.24) is 4.98 Å². The summed E-state index contributed by atoms with van der Waals surface area (Å²) in [7, 11) is 2.09. The molecule has 2 rings (SSSR count). The minimum absolute atomic E-state index is 0.462. The Bertz CT molecular complexity index is 408. The van der Waals surface area contributed by atoms with Gasteiger partial charge in [0.05, 0.1) is 5.02 Å². The van der Waals surface area contributed by atoms with Crippen LogP contribution >= 0.6 is 11.6 Å². The summed E-state index contributed by atoms with van der Waals surface area (Å²) in [5.74, 6) is 1.67. The molecule has 1 aliphatic rings. The smallest absolute Gasteiger partial charge is 0.147 e. The molecule has 0 amide bonds. The molecule has 3 nitrogen and oxygen atoms in total. The average Bonchev–Trinajstić information content (AvgIpc) is 2.38. The average molecular weight is 268 g/mol. The molecule has 1 saturated carbocycles. The molecule has 0 spiro atoms. The number of pyridine rings is 1. The van der Waals surface area contributed by atoms with Gasteiger partial charge in [0.2, 0.25) is 0 Å². The van der Waals surface area contributed by atoms with E-state index in [0.717, 1.165) is 17.3 Å². The number of nitrogens with zero attached hydrogens (tertiary/aromatic N) is 2. The van der Waals surface area contributed by atoms with Crippen LogP contribution in [0.3, 0.4) is 0 Å². The number of nitrogens with two attached hydrogens (primary N) is 1. The summed E-state index contributed by atoms with van der Waals surface area (Å²) in [6.07, 6.45) is 6.89. The van der Waals surface area contributed by atoms with Crippen LogP contribution in [0.2, 0.25) is 5.02 Å². The first-order valence-corrected chi connectivity index (χ1v) is 7.07. The van der Waals surface area contributed by atoms with Crippen LogP contribution in [0.5, 0.6) is 0 Å². The summed E-state index contributed by atoms with van der Waals surface area (Å²) in [4.78, 5) is 6.66. The zero-order valence-corrected chi connectivity index (χ0v) is 12.0. The van der Waals surface area contributed by atoms with Gasteiger partial charge in [0.15, 0.2) is 0 Å². The van der Waals surface area contributed by atoms with Crippen LogP contribution in [-0.2, 0) is 6.54 Å². The number of anilines is 1. The number of hydrogen-bond acceptors (Lipinski definition) is 3. The zero-order valence-electron chi connectivity index (χ0n) is 11.2. The molecule has 2 atom stereocenters. The van der Waals surface area contributed by atoms with Crippen molar-refractivity contribution < 1.29 is 0 Å². The van der Waals surface area contributed by atoms with Crippen LogP contribution in [0.1, 0.15) is 38.2 Å². The van der Waals surface area contributed by atoms with E-state index in [0.29, 0.717) is 17.6 Å². The topological polar surface area (TPSA) is 42.2 Å². The molecule has 4 heteroatoms. The number of halogens is 1. The third-order valence-electron chi connectivity index (χ3n) is 3.96. The fourth-order valence-electron chi connectivity index (χ4n) is 2.80. The van der Waals surface area contributed by atoms with Gasteiger partial charge in [-0.2, -0.15) is 0 Å². The maximum absolute atomic E-state index is 6.38. The Hall–Kier alpha value is -0.800. The molecule has 1 fully saturated rings. The lowest BCUT2D eigenvalue weighted by Gasteiger charge is -2.35. The minimum atomic E-state index is 0.462. The third-order valence-corrected chi connectivity index (χ3v) is 4.37. The molecule has 2 N–H and O–H groups in total. The van der Waals surface area contributed by atoms with Crippen molar-refractivity contribution in [2.75, 3.05) is 11.9 Å². The third kappa shape index (κ3) is 2.78. The molecule has 0 bridgehead atoms. The van der Waals surface area contributed by atoms with E-state index in [9.17, 15) is 0 Å². The van der Waals surface area contributed by atoms with Gasteiger partial charge in [-0.25, -0.2) is 4.98 Å². The van der Waals surface area contributed by atoms with Crippen molar-refractivity contribution in [2.45, 2.75) is 45.2 Å². The summed E-state index contributed by atoms with van der Waals surface area (Å²) in [5, 5.41) is 0.709. The van der Waals surface area contributed by atoms with E-state index in [2.05, 4.69) is 23.9 Å². The van der Waals surface area contributed by atoms with Crippen LogP contribution in [0.4, 0.5) is 5.82 Å². The van der Waals surface area contributed by atoms with Gasteiger partial charge in [0, 0.05) is 25.8 Å². The first-order valence-electron chi connectivity index (χ1n) is 6.69. The Morgan fingerprint density at radius 3 is 2.94 bits per heavy atom. The van der Waals surface area contributed by atoms with Crippen LogP contribution < -0.4 is 10.6 Å². The number of hydrogen-bond donors (Lipinski definition) is 1. The van der Waals surface area contributed by atoms with Gasteiger partial charge in [-0.3, -0.25) is 0 Å². The normalized spacial score (nSPS) is 24.0. The quantitative estimate of drug-likeness (QED) is 0.914. The summed E-state index contributed by atoms with van der Waals surface area (Å²) < 4.78 is 0. The minimum Gasteiger partial charge on any atom is -0.355 e. The molecular formula is C14H22ClN3. The lowest BCUT2D eigenvalue weighted by Crippen LogP contribution is -2.36. The number of aromatic nitrogens is 1. The molecule has 18 heavy (non-hydrogen) atoms. The molecule has 1 aromatic heterocycles. The lowest BCUT2D eigenvalue weighted by atomic mass is 9.86. The van der Waals surface area contributed by atoms with Crippen molar-refractivity contribution in [3.05, 3.63) is 22.8 Å². The lowest BCUT2D eigenvalue weighted by molar-refractivity contribution is 0.335. The highest BCUT2D eigenvalue weighted by atomic mass is 35.5. The van der Waals surface area contributed by atoms with Crippen molar-refractivity contribution in [3.63, 3.8) is 0 Å². The van der Waals surface area contributed by atoms with Gasteiger partial charge in [0.1, 0.15) is 5.82 Å². The molecule has 1 heterocycles. The summed E-state index contributed by atoms with van der Waals surface area (Å²) in [5.41, 5.74) is 6.66. The van der Waals surface area contributed by atoms with E-state index in [1.165, 1.54) is 25.7 Å². The Morgan fingerprint density at radius 2 is 2.28 bits per heavy atom. The Balaban J connectivity index is 2.20. The van der Waals surface area contributed by atoms with Gasteiger partial charge in [0.25, 0.3) is 0 Å². The Morgan fingerprint density at radius 1 is 1.50 bits per heavy atom. The predicted octanol–water partition coefficient (Wildman–Crippen LogP) is 3.21. The van der Waals surface area contributed by atoms with E-state index in [1.807, 2.05) is 6.07 Å². The van der Waals surface area contributed by atoms with Crippen LogP contribution in [0.25, 0.3) is 0 Å². The van der Waals surface area contributed by atoms with Crippen molar-refractivity contribution in [2.24, 2.45) is 11.7 Å². The monoisotopic (exact) mass is 267 g/mol. The Labute approximate surface area is 114 Å². The van der Waals surface area contributed by atoms with E-state index < -0.39 is 0 Å². The molecule has 100 valence electrons. The van der Waals surface area contributed by atoms with Crippen molar-refractivity contribution >= 4 is 17.4 Å². The second-order valence-electron chi connectivity index (χ2n) is 5.35. The Kier molecular flexibility index (Phi) is 4.46. The molecule has 0 radical (unpaired) electrons. The van der Waals surface area contributed by atoms with E-state index in [4.69, 9.17) is 17.3 Å². The van der Waals surface area contributed by atoms with Gasteiger partial charge < -0.3 is 10.6 Å². The van der Waals surface area contributed by atoms with E-state index in [1.54, 1.807) is 6.20 Å². The second kappa shape index (κ2) is 5.89. The largest absolute Gasteiger partial charge is 0.355 e. The zero-order chi connectivity index (χ0) is 13.1. The van der Waals surface area contributed by atoms with Crippen LogP contribution in [-0.4, -0.2) is 18.1 Å². The highest BCUT2D eigenvalue weighted by Gasteiger charge is 2.24. The first-order chi connectivity index (χ1) is 8.63. The highest BCUT2D eigenvalue weighted by molar-refractivity contribution is 6.33. The fourth-order valence-corrected chi connectivity index (χ4v) is 3.12.